The molecular weight excluding hydrogens is 258 g/mol. The molecular formula is C14H17N3OS. The van der Waals surface area contributed by atoms with E-state index in [0.717, 1.165) is 24.2 Å². The number of nitrogens with zero attached hydrogens (tertiary/aromatic N) is 1. The zero-order valence-corrected chi connectivity index (χ0v) is 11.9. The molecule has 0 radical (unpaired) electrons. The van der Waals surface area contributed by atoms with Crippen LogP contribution in [0.5, 0.6) is 0 Å². The van der Waals surface area contributed by atoms with Crippen LogP contribution in [0.2, 0.25) is 0 Å². The van der Waals surface area contributed by atoms with Crippen molar-refractivity contribution in [1.29, 1.82) is 0 Å². The first kappa shape index (κ1) is 13.5. The summed E-state index contributed by atoms with van der Waals surface area (Å²) >= 11 is 1.41. The number of carbonyl (C=O) groups is 1. The summed E-state index contributed by atoms with van der Waals surface area (Å²) in [6.45, 7) is 4.96. The maximum atomic E-state index is 12.2. The second kappa shape index (κ2) is 6.33. The van der Waals surface area contributed by atoms with Crippen molar-refractivity contribution in [1.82, 2.24) is 4.98 Å². The molecule has 19 heavy (non-hydrogen) atoms. The highest BCUT2D eigenvalue weighted by Gasteiger charge is 2.12. The third-order valence-electron chi connectivity index (χ3n) is 2.64. The van der Waals surface area contributed by atoms with Gasteiger partial charge in [-0.15, -0.1) is 11.3 Å². The maximum Gasteiger partial charge on any atom is 0.259 e. The van der Waals surface area contributed by atoms with Crippen molar-refractivity contribution in [3.05, 3.63) is 40.9 Å². The number of amides is 1. The summed E-state index contributed by atoms with van der Waals surface area (Å²) in [6, 6.07) is 5.77. The molecule has 0 atom stereocenters. The molecule has 1 amide bonds. The van der Waals surface area contributed by atoms with E-state index in [1.165, 1.54) is 11.3 Å². The zero-order chi connectivity index (χ0) is 13.7. The lowest BCUT2D eigenvalue weighted by Gasteiger charge is -2.11. The first-order valence-corrected chi connectivity index (χ1v) is 7.14. The fraction of sp³-hybridized carbons (Fsp3) is 0.286. The Bertz CT molecular complexity index is 552. The van der Waals surface area contributed by atoms with E-state index >= 15 is 0 Å². The Hall–Kier alpha value is -1.88. The number of anilines is 2. The van der Waals surface area contributed by atoms with Gasteiger partial charge in [-0.2, -0.15) is 0 Å². The molecule has 2 aromatic rings. The van der Waals surface area contributed by atoms with Crippen molar-refractivity contribution in [2.45, 2.75) is 20.3 Å². The molecule has 2 N–H and O–H groups in total. The molecule has 0 spiro atoms. The van der Waals surface area contributed by atoms with Gasteiger partial charge in [-0.3, -0.25) is 10.1 Å². The highest BCUT2D eigenvalue weighted by Crippen LogP contribution is 2.20. The average Bonchev–Trinajstić information content (AvgIpc) is 2.89. The molecule has 1 aromatic carbocycles. The fourth-order valence-corrected chi connectivity index (χ4v) is 2.24. The van der Waals surface area contributed by atoms with Crippen LogP contribution in [-0.4, -0.2) is 17.4 Å². The Labute approximate surface area is 116 Å². The molecule has 0 aliphatic carbocycles. The predicted molar refractivity (Wildman–Crippen MR) is 80.0 cm³/mol. The van der Waals surface area contributed by atoms with Gasteiger partial charge < -0.3 is 5.32 Å². The zero-order valence-electron chi connectivity index (χ0n) is 11.1. The third-order valence-corrected chi connectivity index (χ3v) is 3.33. The summed E-state index contributed by atoms with van der Waals surface area (Å²) in [5.74, 6) is -0.131. The van der Waals surface area contributed by atoms with Crippen molar-refractivity contribution < 1.29 is 4.79 Å². The first-order chi connectivity index (χ1) is 9.20. The van der Waals surface area contributed by atoms with Gasteiger partial charge in [-0.1, -0.05) is 13.0 Å². The molecule has 1 aromatic heterocycles. The molecule has 100 valence electrons. The van der Waals surface area contributed by atoms with Gasteiger partial charge in [-0.25, -0.2) is 4.98 Å². The molecule has 0 bridgehead atoms. The summed E-state index contributed by atoms with van der Waals surface area (Å²) in [4.78, 5) is 16.3. The number of aryl methyl sites for hydroxylation is 1. The van der Waals surface area contributed by atoms with E-state index in [4.69, 9.17) is 0 Å². The summed E-state index contributed by atoms with van der Waals surface area (Å²) in [7, 11) is 0. The first-order valence-electron chi connectivity index (χ1n) is 6.26. The highest BCUT2D eigenvalue weighted by atomic mass is 32.1. The van der Waals surface area contributed by atoms with Gasteiger partial charge in [0.25, 0.3) is 5.91 Å². The lowest BCUT2D eigenvalue weighted by molar-refractivity contribution is 0.102. The van der Waals surface area contributed by atoms with Crippen LogP contribution < -0.4 is 10.6 Å². The van der Waals surface area contributed by atoms with Crippen LogP contribution in [0, 0.1) is 6.92 Å². The summed E-state index contributed by atoms with van der Waals surface area (Å²) in [5, 5.41) is 8.54. The van der Waals surface area contributed by atoms with Crippen molar-refractivity contribution in [3.8, 4) is 0 Å². The largest absolute Gasteiger partial charge is 0.384 e. The van der Waals surface area contributed by atoms with Gasteiger partial charge in [0.15, 0.2) is 5.13 Å². The molecule has 0 aliphatic rings. The topological polar surface area (TPSA) is 54.0 Å². The Morgan fingerprint density at radius 2 is 2.26 bits per heavy atom. The van der Waals surface area contributed by atoms with Crippen LogP contribution >= 0.6 is 11.3 Å². The van der Waals surface area contributed by atoms with Crippen molar-refractivity contribution >= 4 is 28.1 Å². The number of hydrogen-bond acceptors (Lipinski definition) is 4. The summed E-state index contributed by atoms with van der Waals surface area (Å²) in [5.41, 5.74) is 2.65. The molecule has 0 saturated carbocycles. The second-order valence-corrected chi connectivity index (χ2v) is 5.16. The Morgan fingerprint density at radius 1 is 1.42 bits per heavy atom. The van der Waals surface area contributed by atoms with E-state index in [9.17, 15) is 4.79 Å². The fourth-order valence-electron chi connectivity index (χ4n) is 1.71. The minimum atomic E-state index is -0.131. The predicted octanol–water partition coefficient (Wildman–Crippen LogP) is 3.53. The maximum absolute atomic E-state index is 12.2. The van der Waals surface area contributed by atoms with Gasteiger partial charge in [0.05, 0.1) is 5.56 Å². The van der Waals surface area contributed by atoms with E-state index in [-0.39, 0.29) is 5.91 Å². The normalized spacial score (nSPS) is 10.2. The SMILES string of the molecule is CCCNc1cc(C)ccc1C(=O)Nc1nccs1. The van der Waals surface area contributed by atoms with E-state index in [2.05, 4.69) is 22.5 Å². The van der Waals surface area contributed by atoms with Gasteiger partial charge >= 0.3 is 0 Å². The smallest absolute Gasteiger partial charge is 0.259 e. The van der Waals surface area contributed by atoms with Crippen LogP contribution in [0.25, 0.3) is 0 Å². The molecule has 0 unspecified atom stereocenters. The summed E-state index contributed by atoms with van der Waals surface area (Å²) in [6.07, 6.45) is 2.69. The number of rotatable bonds is 5. The number of thiazole rings is 1. The Morgan fingerprint density at radius 3 is 2.95 bits per heavy atom. The molecule has 0 saturated heterocycles. The number of aromatic nitrogens is 1. The van der Waals surface area contributed by atoms with Gasteiger partial charge in [0.2, 0.25) is 0 Å². The summed E-state index contributed by atoms with van der Waals surface area (Å²) < 4.78 is 0. The molecule has 4 nitrogen and oxygen atoms in total. The Balaban J connectivity index is 2.20. The monoisotopic (exact) mass is 275 g/mol. The Kier molecular flexibility index (Phi) is 4.52. The molecule has 0 aliphatic heterocycles. The molecule has 2 rings (SSSR count). The van der Waals surface area contributed by atoms with Crippen LogP contribution in [0.3, 0.4) is 0 Å². The minimum Gasteiger partial charge on any atom is -0.384 e. The molecule has 0 fully saturated rings. The van der Waals surface area contributed by atoms with Gasteiger partial charge in [0.1, 0.15) is 0 Å². The second-order valence-electron chi connectivity index (χ2n) is 4.27. The number of benzene rings is 1. The number of hydrogen-bond donors (Lipinski definition) is 2. The van der Waals surface area contributed by atoms with Crippen LogP contribution in [0.1, 0.15) is 29.3 Å². The minimum absolute atomic E-state index is 0.131. The molecule has 5 heteroatoms. The van der Waals surface area contributed by atoms with Gasteiger partial charge in [0, 0.05) is 23.8 Å². The average molecular weight is 275 g/mol. The third kappa shape index (κ3) is 3.54. The standard InChI is InChI=1S/C14H17N3OS/c1-3-6-15-12-9-10(2)4-5-11(12)13(18)17-14-16-7-8-19-14/h4-5,7-9,15H,3,6H2,1-2H3,(H,16,17,18). The van der Waals surface area contributed by atoms with Crippen molar-refractivity contribution in [2.75, 3.05) is 17.2 Å². The lowest BCUT2D eigenvalue weighted by atomic mass is 10.1. The highest BCUT2D eigenvalue weighted by molar-refractivity contribution is 7.13. The molecule has 1 heterocycles. The van der Waals surface area contributed by atoms with Crippen LogP contribution in [-0.2, 0) is 0 Å². The van der Waals surface area contributed by atoms with E-state index in [0.29, 0.717) is 10.7 Å². The van der Waals surface area contributed by atoms with Gasteiger partial charge in [-0.05, 0) is 31.0 Å². The van der Waals surface area contributed by atoms with Crippen LogP contribution in [0.15, 0.2) is 29.8 Å². The van der Waals surface area contributed by atoms with E-state index in [1.54, 1.807) is 6.20 Å². The van der Waals surface area contributed by atoms with Crippen molar-refractivity contribution in [3.63, 3.8) is 0 Å². The number of nitrogens with one attached hydrogen (secondary N) is 2. The number of carbonyl (C=O) groups excluding carboxylic acids is 1. The van der Waals surface area contributed by atoms with Crippen molar-refractivity contribution in [2.24, 2.45) is 0 Å². The lowest BCUT2D eigenvalue weighted by Crippen LogP contribution is -2.15. The van der Waals surface area contributed by atoms with E-state index < -0.39 is 0 Å². The van der Waals surface area contributed by atoms with Crippen LogP contribution in [0.4, 0.5) is 10.8 Å². The van der Waals surface area contributed by atoms with E-state index in [1.807, 2.05) is 30.5 Å². The quantitative estimate of drug-likeness (QED) is 0.877.